The van der Waals surface area contributed by atoms with Gasteiger partial charge in [-0.05, 0) is 68.3 Å². The van der Waals surface area contributed by atoms with E-state index in [0.29, 0.717) is 9.37 Å². The Morgan fingerprint density at radius 3 is 1.81 bits per heavy atom. The predicted octanol–water partition coefficient (Wildman–Crippen LogP) is 5.39. The predicted molar refractivity (Wildman–Crippen MR) is 88.5 cm³/mol. The average molecular weight is 481 g/mol. The number of rotatable bonds is 1. The van der Waals surface area contributed by atoms with Gasteiger partial charge in [0.1, 0.15) is 11.6 Å². The van der Waals surface area contributed by atoms with Crippen LogP contribution in [-0.2, 0) is 9.05 Å². The lowest BCUT2D eigenvalue weighted by Crippen LogP contribution is -1.91. The molecule has 0 aliphatic carbocycles. The Labute approximate surface area is 147 Å². The number of thiol groups is 1. The summed E-state index contributed by atoms with van der Waals surface area (Å²) in [6, 6.07) is 8.05. The minimum absolute atomic E-state index is 0.201. The van der Waals surface area contributed by atoms with Crippen LogP contribution in [0.2, 0.25) is 0 Å². The molecule has 114 valence electrons. The SMILES string of the molecule is Fc1cc(S)ccc1Br.O=S(=O)(Cl)c1ccc(Br)c(F)c1. The molecule has 0 bridgehead atoms. The summed E-state index contributed by atoms with van der Waals surface area (Å²) in [5, 5.41) is 0. The second-order valence-corrected chi connectivity index (χ2v) is 8.40. The molecule has 0 saturated heterocycles. The number of hydrogen-bond acceptors (Lipinski definition) is 3. The molecule has 0 aliphatic heterocycles. The van der Waals surface area contributed by atoms with Crippen LogP contribution >= 0.6 is 55.2 Å². The van der Waals surface area contributed by atoms with Gasteiger partial charge in [0, 0.05) is 15.6 Å². The molecule has 2 aromatic carbocycles. The van der Waals surface area contributed by atoms with E-state index in [-0.39, 0.29) is 15.2 Å². The monoisotopic (exact) mass is 478 g/mol. The molecule has 0 spiro atoms. The molecule has 0 amide bonds. The van der Waals surface area contributed by atoms with Gasteiger partial charge in [0.2, 0.25) is 0 Å². The Morgan fingerprint density at radius 1 is 0.952 bits per heavy atom. The zero-order chi connectivity index (χ0) is 16.2. The number of halogens is 5. The van der Waals surface area contributed by atoms with Crippen molar-refractivity contribution in [3.63, 3.8) is 0 Å². The summed E-state index contributed by atoms with van der Waals surface area (Å²) >= 11 is 9.84. The van der Waals surface area contributed by atoms with Crippen LogP contribution in [0.3, 0.4) is 0 Å². The highest BCUT2D eigenvalue weighted by atomic mass is 79.9. The third-order valence-corrected chi connectivity index (χ3v) is 4.99. The molecule has 0 N–H and O–H groups in total. The normalized spacial score (nSPS) is 10.8. The van der Waals surface area contributed by atoms with Gasteiger partial charge in [-0.3, -0.25) is 0 Å². The first-order chi connectivity index (χ1) is 9.61. The number of benzene rings is 2. The zero-order valence-electron chi connectivity index (χ0n) is 10.0. The van der Waals surface area contributed by atoms with Crippen molar-refractivity contribution in [1.82, 2.24) is 0 Å². The van der Waals surface area contributed by atoms with E-state index in [1.54, 1.807) is 12.1 Å². The van der Waals surface area contributed by atoms with Gasteiger partial charge in [-0.15, -0.1) is 12.6 Å². The summed E-state index contributed by atoms with van der Waals surface area (Å²) in [5.41, 5.74) is 0. The molecule has 0 fully saturated rings. The fourth-order valence-electron chi connectivity index (χ4n) is 1.11. The van der Waals surface area contributed by atoms with Crippen LogP contribution in [-0.4, -0.2) is 8.42 Å². The van der Waals surface area contributed by atoms with E-state index in [9.17, 15) is 17.2 Å². The highest BCUT2D eigenvalue weighted by Crippen LogP contribution is 2.21. The maximum absolute atomic E-state index is 12.7. The molecule has 2 nitrogen and oxygen atoms in total. The smallest absolute Gasteiger partial charge is 0.207 e. The van der Waals surface area contributed by atoms with E-state index >= 15 is 0 Å². The lowest BCUT2D eigenvalue weighted by molar-refractivity contribution is 0.600. The molecule has 0 aromatic heterocycles. The van der Waals surface area contributed by atoms with Crippen LogP contribution in [0.15, 0.2) is 55.1 Å². The lowest BCUT2D eigenvalue weighted by atomic mass is 10.3. The first kappa shape index (κ1) is 18.9. The van der Waals surface area contributed by atoms with E-state index < -0.39 is 14.9 Å². The van der Waals surface area contributed by atoms with E-state index in [1.165, 1.54) is 18.2 Å². The molecule has 0 aliphatic rings. The fourth-order valence-corrected chi connectivity index (χ4v) is 2.56. The maximum atomic E-state index is 12.7. The van der Waals surface area contributed by atoms with E-state index in [1.807, 2.05) is 0 Å². The quantitative estimate of drug-likeness (QED) is 0.439. The third kappa shape index (κ3) is 6.23. The van der Waals surface area contributed by atoms with Crippen molar-refractivity contribution in [2.24, 2.45) is 0 Å². The van der Waals surface area contributed by atoms with Gasteiger partial charge >= 0.3 is 0 Å². The van der Waals surface area contributed by atoms with Crippen molar-refractivity contribution in [3.05, 3.63) is 57.0 Å². The summed E-state index contributed by atoms with van der Waals surface area (Å²) in [7, 11) is 1.14. The third-order valence-electron chi connectivity index (χ3n) is 2.08. The summed E-state index contributed by atoms with van der Waals surface area (Å²) in [6.45, 7) is 0. The van der Waals surface area contributed by atoms with Crippen LogP contribution in [0.1, 0.15) is 0 Å². The molecular weight excluding hydrogens is 474 g/mol. The summed E-state index contributed by atoms with van der Waals surface area (Å²) < 4.78 is 47.3. The number of hydrogen-bond donors (Lipinski definition) is 1. The Bertz CT molecular complexity index is 755. The van der Waals surface area contributed by atoms with Crippen LogP contribution in [0.25, 0.3) is 0 Å². The van der Waals surface area contributed by atoms with E-state index in [0.717, 1.165) is 6.07 Å². The van der Waals surface area contributed by atoms with Gasteiger partial charge < -0.3 is 0 Å². The van der Waals surface area contributed by atoms with Crippen molar-refractivity contribution in [1.29, 1.82) is 0 Å². The Morgan fingerprint density at radius 2 is 1.43 bits per heavy atom. The molecule has 0 radical (unpaired) electrons. The van der Waals surface area contributed by atoms with Gasteiger partial charge in [0.15, 0.2) is 0 Å². The second-order valence-electron chi connectivity index (χ2n) is 3.61. The highest BCUT2D eigenvalue weighted by molar-refractivity contribution is 9.10. The molecule has 0 atom stereocenters. The van der Waals surface area contributed by atoms with Crippen molar-refractivity contribution in [3.8, 4) is 0 Å². The minimum Gasteiger partial charge on any atom is -0.207 e. The van der Waals surface area contributed by atoms with Gasteiger partial charge in [-0.2, -0.15) is 0 Å². The Balaban J connectivity index is 0.000000219. The van der Waals surface area contributed by atoms with Crippen molar-refractivity contribution in [2.75, 3.05) is 0 Å². The molecule has 0 heterocycles. The summed E-state index contributed by atoms with van der Waals surface area (Å²) in [6.07, 6.45) is 0. The molecule has 0 saturated carbocycles. The van der Waals surface area contributed by atoms with Crippen molar-refractivity contribution < 1.29 is 17.2 Å². The highest BCUT2D eigenvalue weighted by Gasteiger charge is 2.11. The van der Waals surface area contributed by atoms with Crippen LogP contribution in [0.4, 0.5) is 8.78 Å². The largest absolute Gasteiger partial charge is 0.261 e. The van der Waals surface area contributed by atoms with Gasteiger partial charge in [-0.1, -0.05) is 0 Å². The van der Waals surface area contributed by atoms with Gasteiger partial charge in [0.25, 0.3) is 9.05 Å². The molecular formula is C12H7Br2ClF2O2S2. The van der Waals surface area contributed by atoms with Gasteiger partial charge in [-0.25, -0.2) is 17.2 Å². The molecule has 0 unspecified atom stereocenters. The van der Waals surface area contributed by atoms with E-state index in [4.69, 9.17) is 10.7 Å². The standard InChI is InChI=1S/C6H3BrClFO2S.C6H4BrFS/c7-5-2-1-4(3-6(5)9)12(8,10)11;7-5-2-1-4(9)3-6(5)8/h1-3H;1-3,9H. The van der Waals surface area contributed by atoms with Gasteiger partial charge in [0.05, 0.1) is 13.8 Å². The lowest BCUT2D eigenvalue weighted by Gasteiger charge is -1.96. The summed E-state index contributed by atoms with van der Waals surface area (Å²) in [5.74, 6) is -0.931. The maximum Gasteiger partial charge on any atom is 0.261 e. The average Bonchev–Trinajstić information content (AvgIpc) is 2.37. The van der Waals surface area contributed by atoms with Crippen molar-refractivity contribution in [2.45, 2.75) is 9.79 Å². The first-order valence-corrected chi connectivity index (χ1v) is 9.49. The molecule has 9 heteroatoms. The van der Waals surface area contributed by atoms with Crippen molar-refractivity contribution >= 4 is 64.2 Å². The molecule has 21 heavy (non-hydrogen) atoms. The fraction of sp³-hybridized carbons (Fsp3) is 0. The van der Waals surface area contributed by atoms with Crippen LogP contribution in [0.5, 0.6) is 0 Å². The minimum atomic E-state index is -3.83. The Kier molecular flexibility index (Phi) is 7.12. The van der Waals surface area contributed by atoms with E-state index in [2.05, 4.69) is 44.5 Å². The Hall–Kier alpha value is -0.150. The first-order valence-electron chi connectivity index (χ1n) is 5.15. The second kappa shape index (κ2) is 7.92. The molecule has 2 rings (SSSR count). The van der Waals surface area contributed by atoms with Crippen LogP contribution in [0, 0.1) is 11.6 Å². The zero-order valence-corrected chi connectivity index (χ0v) is 15.7. The summed E-state index contributed by atoms with van der Waals surface area (Å²) in [4.78, 5) is 0.389. The van der Waals surface area contributed by atoms with Crippen LogP contribution < -0.4 is 0 Å². The topological polar surface area (TPSA) is 34.1 Å². The molecule has 2 aromatic rings.